The number of rotatable bonds is 2. The van der Waals surface area contributed by atoms with E-state index in [0.29, 0.717) is 17.9 Å². The van der Waals surface area contributed by atoms with E-state index in [1.165, 1.54) is 0 Å². The van der Waals surface area contributed by atoms with Crippen LogP contribution in [0.4, 0.5) is 0 Å². The molecule has 19 heavy (non-hydrogen) atoms. The van der Waals surface area contributed by atoms with Gasteiger partial charge in [0.15, 0.2) is 5.76 Å². The van der Waals surface area contributed by atoms with Gasteiger partial charge in [0, 0.05) is 16.5 Å². The first-order valence-electron chi connectivity index (χ1n) is 6.36. The number of hydrogen-bond donors (Lipinski definition) is 0. The van der Waals surface area contributed by atoms with E-state index in [9.17, 15) is 4.79 Å². The summed E-state index contributed by atoms with van der Waals surface area (Å²) in [6.45, 7) is 6.71. The summed E-state index contributed by atoms with van der Waals surface area (Å²) in [5.41, 5.74) is 1.68. The smallest absolute Gasteiger partial charge is 0.228 e. The summed E-state index contributed by atoms with van der Waals surface area (Å²) >= 11 is 0. The molecule has 1 aromatic heterocycles. The van der Waals surface area contributed by atoms with Gasteiger partial charge in [-0.25, -0.2) is 0 Å². The van der Waals surface area contributed by atoms with Gasteiger partial charge in [-0.3, -0.25) is 4.79 Å². The zero-order chi connectivity index (χ0) is 13.6. The van der Waals surface area contributed by atoms with Gasteiger partial charge in [0.05, 0.1) is 6.61 Å². The fourth-order valence-electron chi connectivity index (χ4n) is 2.36. The summed E-state index contributed by atoms with van der Waals surface area (Å²) in [5.74, 6) is 1.91. The summed E-state index contributed by atoms with van der Waals surface area (Å²) in [4.78, 5) is 12.3. The molecule has 3 nitrogen and oxygen atoms in total. The number of hydrogen-bond acceptors (Lipinski definition) is 3. The van der Waals surface area contributed by atoms with Crippen LogP contribution in [0.3, 0.4) is 0 Å². The molecule has 2 heterocycles. The first-order chi connectivity index (χ1) is 8.97. The zero-order valence-corrected chi connectivity index (χ0v) is 11.3. The number of ketones is 1. The highest BCUT2D eigenvalue weighted by molar-refractivity contribution is 6.07. The van der Waals surface area contributed by atoms with Crippen LogP contribution >= 0.6 is 0 Å². The largest absolute Gasteiger partial charge is 0.492 e. The Morgan fingerprint density at radius 2 is 2.00 bits per heavy atom. The van der Waals surface area contributed by atoms with Gasteiger partial charge >= 0.3 is 0 Å². The van der Waals surface area contributed by atoms with Crippen LogP contribution in [-0.4, -0.2) is 12.4 Å². The lowest BCUT2D eigenvalue weighted by atomic mass is 9.85. The number of carbonyl (C=O) groups is 1. The highest BCUT2D eigenvalue weighted by Gasteiger charge is 2.32. The van der Waals surface area contributed by atoms with Crippen molar-refractivity contribution in [3.63, 3.8) is 0 Å². The maximum absolute atomic E-state index is 12.3. The molecule has 1 aliphatic rings. The minimum absolute atomic E-state index is 0.0509. The van der Waals surface area contributed by atoms with Gasteiger partial charge in [0.2, 0.25) is 5.78 Å². The van der Waals surface area contributed by atoms with Crippen molar-refractivity contribution in [1.29, 1.82) is 0 Å². The van der Waals surface area contributed by atoms with Crippen LogP contribution in [0.25, 0.3) is 0 Å². The van der Waals surface area contributed by atoms with Crippen LogP contribution in [-0.2, 0) is 5.41 Å². The van der Waals surface area contributed by atoms with E-state index in [2.05, 4.69) is 13.8 Å². The monoisotopic (exact) mass is 256 g/mol. The summed E-state index contributed by atoms with van der Waals surface area (Å²) in [6, 6.07) is 9.09. The average molecular weight is 256 g/mol. The van der Waals surface area contributed by atoms with Crippen LogP contribution in [0.5, 0.6) is 5.75 Å². The molecule has 0 N–H and O–H groups in total. The molecular weight excluding hydrogens is 240 g/mol. The van der Waals surface area contributed by atoms with Gasteiger partial charge in [-0.15, -0.1) is 0 Å². The maximum atomic E-state index is 12.3. The third-order valence-corrected chi connectivity index (χ3v) is 3.52. The molecule has 0 fully saturated rings. The SMILES string of the molecule is Cc1ccc(C(=O)c2ccc3c(c2)C(C)(C)CO3)o1. The Bertz CT molecular complexity index is 650. The Hall–Kier alpha value is -2.03. The highest BCUT2D eigenvalue weighted by Crippen LogP contribution is 2.38. The van der Waals surface area contributed by atoms with Crippen LogP contribution in [0, 0.1) is 6.92 Å². The first kappa shape index (κ1) is 12.0. The molecule has 0 atom stereocenters. The standard InChI is InChI=1S/C16H16O3/c1-10-4-6-14(19-10)15(17)11-5-7-13-12(8-11)16(2,3)9-18-13/h4-8H,9H2,1-3H3. The fourth-order valence-corrected chi connectivity index (χ4v) is 2.36. The molecule has 0 aliphatic carbocycles. The molecule has 0 saturated carbocycles. The van der Waals surface area contributed by atoms with Crippen LogP contribution < -0.4 is 4.74 Å². The molecule has 0 amide bonds. The lowest BCUT2D eigenvalue weighted by molar-refractivity contribution is 0.101. The Labute approximate surface area is 112 Å². The molecule has 3 heteroatoms. The van der Waals surface area contributed by atoms with Gasteiger partial charge < -0.3 is 9.15 Å². The van der Waals surface area contributed by atoms with Crippen molar-refractivity contribution in [3.8, 4) is 5.75 Å². The number of benzene rings is 1. The second-order valence-corrected chi connectivity index (χ2v) is 5.62. The Morgan fingerprint density at radius 1 is 1.21 bits per heavy atom. The quantitative estimate of drug-likeness (QED) is 0.772. The molecule has 1 aromatic carbocycles. The minimum Gasteiger partial charge on any atom is -0.492 e. The molecule has 0 unspecified atom stereocenters. The minimum atomic E-state index is -0.0846. The van der Waals surface area contributed by atoms with Crippen molar-refractivity contribution in [1.82, 2.24) is 0 Å². The van der Waals surface area contributed by atoms with Crippen molar-refractivity contribution in [2.24, 2.45) is 0 Å². The molecule has 2 aromatic rings. The maximum Gasteiger partial charge on any atom is 0.228 e. The molecular formula is C16H16O3. The second-order valence-electron chi connectivity index (χ2n) is 5.62. The Kier molecular flexibility index (Phi) is 2.52. The Balaban J connectivity index is 2.01. The van der Waals surface area contributed by atoms with Gasteiger partial charge in [-0.2, -0.15) is 0 Å². The van der Waals surface area contributed by atoms with E-state index in [0.717, 1.165) is 17.1 Å². The van der Waals surface area contributed by atoms with Crippen molar-refractivity contribution in [2.45, 2.75) is 26.2 Å². The molecule has 3 rings (SSSR count). The van der Waals surface area contributed by atoms with E-state index in [1.54, 1.807) is 18.2 Å². The van der Waals surface area contributed by atoms with Crippen molar-refractivity contribution in [2.75, 3.05) is 6.61 Å². The Morgan fingerprint density at radius 3 is 2.68 bits per heavy atom. The van der Waals surface area contributed by atoms with Gasteiger partial charge in [0.1, 0.15) is 11.5 Å². The van der Waals surface area contributed by atoms with Crippen molar-refractivity contribution < 1.29 is 13.9 Å². The van der Waals surface area contributed by atoms with Gasteiger partial charge in [0.25, 0.3) is 0 Å². The third kappa shape index (κ3) is 1.95. The summed E-state index contributed by atoms with van der Waals surface area (Å²) < 4.78 is 11.0. The summed E-state index contributed by atoms with van der Waals surface area (Å²) in [6.07, 6.45) is 0. The van der Waals surface area contributed by atoms with Crippen LogP contribution in [0.2, 0.25) is 0 Å². The highest BCUT2D eigenvalue weighted by atomic mass is 16.5. The van der Waals surface area contributed by atoms with Crippen molar-refractivity contribution >= 4 is 5.78 Å². The van der Waals surface area contributed by atoms with E-state index in [1.807, 2.05) is 19.1 Å². The molecule has 1 aliphatic heterocycles. The van der Waals surface area contributed by atoms with E-state index >= 15 is 0 Å². The second kappa shape index (κ2) is 3.98. The van der Waals surface area contributed by atoms with Crippen molar-refractivity contribution in [3.05, 3.63) is 53.0 Å². The lowest BCUT2D eigenvalue weighted by Gasteiger charge is -2.15. The molecule has 0 radical (unpaired) electrons. The van der Waals surface area contributed by atoms with E-state index in [4.69, 9.17) is 9.15 Å². The predicted octanol–water partition coefficient (Wildman–Crippen LogP) is 3.49. The number of fused-ring (bicyclic) bond motifs is 1. The number of carbonyl (C=O) groups excluding carboxylic acids is 1. The zero-order valence-electron chi connectivity index (χ0n) is 11.3. The normalized spacial score (nSPS) is 15.9. The van der Waals surface area contributed by atoms with Gasteiger partial charge in [-0.05, 0) is 37.3 Å². The predicted molar refractivity (Wildman–Crippen MR) is 71.8 cm³/mol. The number of furan rings is 1. The molecule has 98 valence electrons. The fraction of sp³-hybridized carbons (Fsp3) is 0.312. The van der Waals surface area contributed by atoms with Gasteiger partial charge in [-0.1, -0.05) is 13.8 Å². The van der Waals surface area contributed by atoms with Crippen LogP contribution in [0.1, 0.15) is 41.3 Å². The third-order valence-electron chi connectivity index (χ3n) is 3.52. The first-order valence-corrected chi connectivity index (χ1v) is 6.36. The molecule has 0 bridgehead atoms. The number of ether oxygens (including phenoxy) is 1. The lowest BCUT2D eigenvalue weighted by Crippen LogP contribution is -2.18. The van der Waals surface area contributed by atoms with Crippen LogP contribution in [0.15, 0.2) is 34.7 Å². The van der Waals surface area contributed by atoms with E-state index < -0.39 is 0 Å². The topological polar surface area (TPSA) is 39.4 Å². The molecule has 0 saturated heterocycles. The van der Waals surface area contributed by atoms with E-state index in [-0.39, 0.29) is 11.2 Å². The average Bonchev–Trinajstić information content (AvgIpc) is 2.93. The molecule has 0 spiro atoms. The summed E-state index contributed by atoms with van der Waals surface area (Å²) in [7, 11) is 0. The summed E-state index contributed by atoms with van der Waals surface area (Å²) in [5, 5.41) is 0. The number of aryl methyl sites for hydroxylation is 1.